The molecule has 1 fully saturated rings. The molecule has 30 heavy (non-hydrogen) atoms. The quantitative estimate of drug-likeness (QED) is 0.447. The van der Waals surface area contributed by atoms with Crippen LogP contribution in [0.5, 0.6) is 0 Å². The summed E-state index contributed by atoms with van der Waals surface area (Å²) in [5.41, 5.74) is 1.24. The van der Waals surface area contributed by atoms with Crippen molar-refractivity contribution in [3.8, 4) is 0 Å². The van der Waals surface area contributed by atoms with Crippen LogP contribution in [-0.4, -0.2) is 35.6 Å². The molecule has 0 aromatic heterocycles. The van der Waals surface area contributed by atoms with Crippen molar-refractivity contribution < 1.29 is 28.7 Å². The molecular weight excluding hydrogens is 388 g/mol. The Balaban J connectivity index is 1.64. The molecule has 3 rings (SSSR count). The van der Waals surface area contributed by atoms with E-state index < -0.39 is 18.0 Å². The van der Waals surface area contributed by atoms with Crippen LogP contribution in [0.3, 0.4) is 0 Å². The molecule has 0 spiro atoms. The van der Waals surface area contributed by atoms with Crippen LogP contribution in [0.15, 0.2) is 48.5 Å². The highest BCUT2D eigenvalue weighted by Crippen LogP contribution is 2.23. The molecule has 0 unspecified atom stereocenters. The molecule has 1 saturated heterocycles. The maximum atomic E-state index is 12.4. The van der Waals surface area contributed by atoms with Gasteiger partial charge in [-0.1, -0.05) is 12.1 Å². The first kappa shape index (κ1) is 20.9. The molecule has 3 amide bonds. The highest BCUT2D eigenvalue weighted by atomic mass is 16.5. The van der Waals surface area contributed by atoms with E-state index in [0.29, 0.717) is 16.9 Å². The normalized spacial score (nSPS) is 14.4. The number of nitrogens with zero attached hydrogens (tertiary/aromatic N) is 1. The van der Waals surface area contributed by atoms with Gasteiger partial charge in [-0.25, -0.2) is 4.79 Å². The maximum Gasteiger partial charge on any atom is 0.338 e. The van der Waals surface area contributed by atoms with Crippen LogP contribution in [0.25, 0.3) is 0 Å². The number of ketones is 1. The molecule has 1 aliphatic rings. The van der Waals surface area contributed by atoms with E-state index in [2.05, 4.69) is 5.32 Å². The first-order valence-corrected chi connectivity index (χ1v) is 9.35. The summed E-state index contributed by atoms with van der Waals surface area (Å²) in [6.07, 6.45) is -0.775. The third-order valence-electron chi connectivity index (χ3n) is 4.63. The Labute approximate surface area is 172 Å². The monoisotopic (exact) mass is 408 g/mol. The Morgan fingerprint density at radius 3 is 2.17 bits per heavy atom. The van der Waals surface area contributed by atoms with Gasteiger partial charge in [-0.2, -0.15) is 0 Å². The molecular formula is C22H20N2O6. The predicted molar refractivity (Wildman–Crippen MR) is 108 cm³/mol. The van der Waals surface area contributed by atoms with Gasteiger partial charge in [0.2, 0.25) is 11.8 Å². The van der Waals surface area contributed by atoms with E-state index >= 15 is 0 Å². The number of Topliss-reactive ketones (excluding diaryl/α,β-unsaturated/α-hetero) is 1. The summed E-state index contributed by atoms with van der Waals surface area (Å²) in [5.74, 6) is -2.09. The Bertz CT molecular complexity index is 1010. The number of imide groups is 1. The van der Waals surface area contributed by atoms with Crippen LogP contribution in [0, 0.1) is 0 Å². The zero-order valence-electron chi connectivity index (χ0n) is 16.5. The summed E-state index contributed by atoms with van der Waals surface area (Å²) >= 11 is 0. The summed E-state index contributed by atoms with van der Waals surface area (Å²) in [7, 11) is 0. The molecule has 1 aliphatic heterocycles. The van der Waals surface area contributed by atoms with E-state index in [1.54, 1.807) is 24.3 Å². The van der Waals surface area contributed by atoms with Crippen molar-refractivity contribution in [2.45, 2.75) is 32.8 Å². The molecule has 0 aliphatic carbocycles. The molecule has 154 valence electrons. The van der Waals surface area contributed by atoms with Gasteiger partial charge in [-0.3, -0.25) is 24.1 Å². The topological polar surface area (TPSA) is 110 Å². The van der Waals surface area contributed by atoms with E-state index in [0.717, 1.165) is 4.90 Å². The summed E-state index contributed by atoms with van der Waals surface area (Å²) < 4.78 is 5.19. The lowest BCUT2D eigenvalue weighted by atomic mass is 10.1. The zero-order chi connectivity index (χ0) is 21.8. The SMILES string of the molecule is CC(=O)c1ccccc1NC(=O)[C@@H](C)OC(=O)c1ccc(N2C(=O)CCC2=O)cc1. The molecule has 0 saturated carbocycles. The highest BCUT2D eigenvalue weighted by Gasteiger charge is 2.30. The molecule has 1 N–H and O–H groups in total. The molecule has 1 atom stereocenters. The summed E-state index contributed by atoms with van der Waals surface area (Å²) in [4.78, 5) is 61.0. The van der Waals surface area contributed by atoms with Crippen molar-refractivity contribution >= 4 is 40.8 Å². The minimum atomic E-state index is -1.11. The number of hydrogen-bond acceptors (Lipinski definition) is 6. The van der Waals surface area contributed by atoms with Crippen molar-refractivity contribution in [2.24, 2.45) is 0 Å². The summed E-state index contributed by atoms with van der Waals surface area (Å²) in [6, 6.07) is 12.3. The average molecular weight is 408 g/mol. The number of esters is 1. The van der Waals surface area contributed by atoms with Crippen LogP contribution in [-0.2, 0) is 19.1 Å². The fourth-order valence-corrected chi connectivity index (χ4v) is 3.03. The average Bonchev–Trinajstić information content (AvgIpc) is 3.06. The molecule has 8 heteroatoms. The number of nitrogens with one attached hydrogen (secondary N) is 1. The van der Waals surface area contributed by atoms with Crippen molar-refractivity contribution in [3.63, 3.8) is 0 Å². The second-order valence-electron chi connectivity index (χ2n) is 6.81. The lowest BCUT2D eigenvalue weighted by molar-refractivity contribution is -0.124. The minimum Gasteiger partial charge on any atom is -0.449 e. The number of rotatable bonds is 6. The molecule has 2 aromatic rings. The minimum absolute atomic E-state index is 0.168. The molecule has 8 nitrogen and oxygen atoms in total. The second kappa shape index (κ2) is 8.69. The fourth-order valence-electron chi connectivity index (χ4n) is 3.03. The number of para-hydroxylation sites is 1. The van der Waals surface area contributed by atoms with Gasteiger partial charge in [0.1, 0.15) is 0 Å². The van der Waals surface area contributed by atoms with Crippen LogP contribution in [0.1, 0.15) is 47.4 Å². The third kappa shape index (κ3) is 4.43. The van der Waals surface area contributed by atoms with Gasteiger partial charge in [-0.15, -0.1) is 0 Å². The Hall–Kier alpha value is -3.81. The van der Waals surface area contributed by atoms with Crippen LogP contribution < -0.4 is 10.2 Å². The number of anilines is 2. The van der Waals surface area contributed by atoms with E-state index in [-0.39, 0.29) is 36.0 Å². The lowest BCUT2D eigenvalue weighted by Gasteiger charge is -2.16. The Morgan fingerprint density at radius 1 is 0.967 bits per heavy atom. The standard InChI is InChI=1S/C22H20N2O6/c1-13(25)17-5-3-4-6-18(17)23-21(28)14(2)30-22(29)15-7-9-16(10-8-15)24-19(26)11-12-20(24)27/h3-10,14H,11-12H2,1-2H3,(H,23,28)/t14-/m1/s1. The van der Waals surface area contributed by atoms with E-state index in [1.807, 2.05) is 0 Å². The number of benzene rings is 2. The van der Waals surface area contributed by atoms with Gasteiger partial charge in [0, 0.05) is 18.4 Å². The van der Waals surface area contributed by atoms with Gasteiger partial charge in [-0.05, 0) is 50.2 Å². The first-order chi connectivity index (χ1) is 14.3. The number of amides is 3. The Kier molecular flexibility index (Phi) is 6.06. The van der Waals surface area contributed by atoms with Crippen LogP contribution in [0.4, 0.5) is 11.4 Å². The predicted octanol–water partition coefficient (Wildman–Crippen LogP) is 2.73. The molecule has 2 aromatic carbocycles. The number of carbonyl (C=O) groups is 5. The van der Waals surface area contributed by atoms with E-state index in [4.69, 9.17) is 4.74 Å². The second-order valence-corrected chi connectivity index (χ2v) is 6.81. The summed E-state index contributed by atoms with van der Waals surface area (Å²) in [5, 5.41) is 2.59. The molecule has 0 bridgehead atoms. The number of hydrogen-bond donors (Lipinski definition) is 1. The van der Waals surface area contributed by atoms with Crippen LogP contribution in [0.2, 0.25) is 0 Å². The van der Waals surface area contributed by atoms with Crippen molar-refractivity contribution in [2.75, 3.05) is 10.2 Å². The van der Waals surface area contributed by atoms with Gasteiger partial charge in [0.25, 0.3) is 5.91 Å². The molecule has 1 heterocycles. The fraction of sp³-hybridized carbons (Fsp3) is 0.227. The number of ether oxygens (including phenoxy) is 1. The van der Waals surface area contributed by atoms with Crippen LogP contribution >= 0.6 is 0 Å². The van der Waals surface area contributed by atoms with Crippen molar-refractivity contribution in [1.29, 1.82) is 0 Å². The third-order valence-corrected chi connectivity index (χ3v) is 4.63. The largest absolute Gasteiger partial charge is 0.449 e. The van der Waals surface area contributed by atoms with Gasteiger partial charge < -0.3 is 10.1 Å². The maximum absolute atomic E-state index is 12.4. The van der Waals surface area contributed by atoms with E-state index in [9.17, 15) is 24.0 Å². The van der Waals surface area contributed by atoms with Gasteiger partial charge in [0.05, 0.1) is 16.9 Å². The van der Waals surface area contributed by atoms with Crippen molar-refractivity contribution in [1.82, 2.24) is 0 Å². The highest BCUT2D eigenvalue weighted by molar-refractivity contribution is 6.19. The van der Waals surface area contributed by atoms with Gasteiger partial charge in [0.15, 0.2) is 11.9 Å². The van der Waals surface area contributed by atoms with Crippen molar-refractivity contribution in [3.05, 3.63) is 59.7 Å². The smallest absolute Gasteiger partial charge is 0.338 e. The van der Waals surface area contributed by atoms with Gasteiger partial charge >= 0.3 is 5.97 Å². The molecule has 0 radical (unpaired) electrons. The zero-order valence-corrected chi connectivity index (χ0v) is 16.5. The summed E-state index contributed by atoms with van der Waals surface area (Å²) in [6.45, 7) is 2.81. The van der Waals surface area contributed by atoms with E-state index in [1.165, 1.54) is 38.1 Å². The first-order valence-electron chi connectivity index (χ1n) is 9.35. The Morgan fingerprint density at radius 2 is 1.57 bits per heavy atom. The number of carbonyl (C=O) groups excluding carboxylic acids is 5. The lowest BCUT2D eigenvalue weighted by Crippen LogP contribution is -2.30.